The summed E-state index contributed by atoms with van der Waals surface area (Å²) in [4.78, 5) is 8.72. The van der Waals surface area contributed by atoms with E-state index in [1.807, 2.05) is 13.0 Å². The summed E-state index contributed by atoms with van der Waals surface area (Å²) in [6, 6.07) is 5.37. The number of hydrogen-bond acceptors (Lipinski definition) is 9. The van der Waals surface area contributed by atoms with E-state index in [9.17, 15) is 10.4 Å². The maximum Gasteiger partial charge on any atom is 0.232 e. The number of aliphatic hydroxyl groups is 1. The molecular weight excluding hydrogens is 336 g/mol. The van der Waals surface area contributed by atoms with Crippen LogP contribution in [0.2, 0.25) is 0 Å². The van der Waals surface area contributed by atoms with Crippen LogP contribution in [-0.2, 0) is 6.42 Å². The van der Waals surface area contributed by atoms with Gasteiger partial charge in [-0.05, 0) is 43.2 Å². The highest BCUT2D eigenvalue weighted by atomic mass is 16.6. The molecule has 0 saturated carbocycles. The largest absolute Gasteiger partial charge is 0.474 e. The maximum atomic E-state index is 9.82. The van der Waals surface area contributed by atoms with Crippen molar-refractivity contribution in [2.24, 2.45) is 0 Å². The standard InChI is InChI=1S/C17H18N6O3/c1-9-12(13(19)14-15(20-9)23-26-22-14)6-11-5-4-10(7-18)16(21-11)25-8-17(2,3)24/h4-5,24H,6,8,19H2,1-3H3. The number of pyridine rings is 2. The maximum absolute atomic E-state index is 9.82. The highest BCUT2D eigenvalue weighted by Crippen LogP contribution is 2.26. The first-order valence-corrected chi connectivity index (χ1v) is 7.91. The lowest BCUT2D eigenvalue weighted by Gasteiger charge is -2.18. The fraction of sp³-hybridized carbons (Fsp3) is 0.353. The predicted molar refractivity (Wildman–Crippen MR) is 92.3 cm³/mol. The Bertz CT molecular complexity index is 1000. The Hall–Kier alpha value is -3.25. The van der Waals surface area contributed by atoms with Gasteiger partial charge in [-0.25, -0.2) is 14.6 Å². The van der Waals surface area contributed by atoms with Crippen molar-refractivity contribution in [2.75, 3.05) is 12.3 Å². The number of fused-ring (bicyclic) bond motifs is 1. The number of rotatable bonds is 5. The van der Waals surface area contributed by atoms with Crippen LogP contribution in [0.4, 0.5) is 5.69 Å². The lowest BCUT2D eigenvalue weighted by atomic mass is 10.0. The monoisotopic (exact) mass is 354 g/mol. The normalized spacial score (nSPS) is 11.5. The third-order valence-corrected chi connectivity index (χ3v) is 3.72. The van der Waals surface area contributed by atoms with Crippen molar-refractivity contribution >= 4 is 16.9 Å². The number of aryl methyl sites for hydroxylation is 1. The summed E-state index contributed by atoms with van der Waals surface area (Å²) < 4.78 is 10.2. The summed E-state index contributed by atoms with van der Waals surface area (Å²) in [5.41, 5.74) is 8.69. The van der Waals surface area contributed by atoms with Gasteiger partial charge >= 0.3 is 0 Å². The number of ether oxygens (including phenoxy) is 1. The number of nitrogens with two attached hydrogens (primary N) is 1. The summed E-state index contributed by atoms with van der Waals surface area (Å²) in [5.74, 6) is 0.167. The Morgan fingerprint density at radius 3 is 2.77 bits per heavy atom. The molecule has 0 bridgehead atoms. The zero-order chi connectivity index (χ0) is 18.9. The van der Waals surface area contributed by atoms with Gasteiger partial charge in [-0.1, -0.05) is 0 Å². The Morgan fingerprint density at radius 2 is 2.08 bits per heavy atom. The zero-order valence-corrected chi connectivity index (χ0v) is 14.6. The molecule has 26 heavy (non-hydrogen) atoms. The molecule has 3 rings (SSSR count). The number of hydrogen-bond donors (Lipinski definition) is 2. The van der Waals surface area contributed by atoms with Crippen LogP contribution in [0.1, 0.15) is 36.4 Å². The van der Waals surface area contributed by atoms with Crippen LogP contribution in [0.15, 0.2) is 16.8 Å². The van der Waals surface area contributed by atoms with Crippen LogP contribution >= 0.6 is 0 Å². The lowest BCUT2D eigenvalue weighted by Crippen LogP contribution is -2.28. The van der Waals surface area contributed by atoms with Crippen molar-refractivity contribution in [3.8, 4) is 11.9 Å². The van der Waals surface area contributed by atoms with Crippen LogP contribution in [0.25, 0.3) is 11.2 Å². The molecule has 3 heterocycles. The van der Waals surface area contributed by atoms with Gasteiger partial charge in [0.05, 0.1) is 11.3 Å². The van der Waals surface area contributed by atoms with Crippen LogP contribution in [-0.4, -0.2) is 37.6 Å². The molecule has 3 N–H and O–H groups in total. The fourth-order valence-electron chi connectivity index (χ4n) is 2.41. The van der Waals surface area contributed by atoms with Crippen LogP contribution < -0.4 is 10.5 Å². The molecule has 134 valence electrons. The van der Waals surface area contributed by atoms with Crippen LogP contribution in [0.5, 0.6) is 5.88 Å². The van der Waals surface area contributed by atoms with E-state index < -0.39 is 5.60 Å². The number of aromatic nitrogens is 4. The highest BCUT2D eigenvalue weighted by Gasteiger charge is 2.18. The van der Waals surface area contributed by atoms with Gasteiger partial charge in [0.15, 0.2) is 5.52 Å². The number of nitriles is 1. The predicted octanol–water partition coefficient (Wildman–Crippen LogP) is 1.52. The molecule has 0 saturated heterocycles. The molecule has 0 spiro atoms. The quantitative estimate of drug-likeness (QED) is 0.696. The molecule has 0 atom stereocenters. The summed E-state index contributed by atoms with van der Waals surface area (Å²) in [5, 5.41) is 26.5. The molecule has 0 aliphatic carbocycles. The van der Waals surface area contributed by atoms with Gasteiger partial charge in [-0.3, -0.25) is 0 Å². The first kappa shape index (κ1) is 17.6. The van der Waals surface area contributed by atoms with E-state index >= 15 is 0 Å². The van der Waals surface area contributed by atoms with Crippen molar-refractivity contribution in [2.45, 2.75) is 32.8 Å². The van der Waals surface area contributed by atoms with Gasteiger partial charge in [0.2, 0.25) is 11.5 Å². The topological polar surface area (TPSA) is 144 Å². The molecule has 9 heteroatoms. The Morgan fingerprint density at radius 1 is 1.31 bits per heavy atom. The average Bonchev–Trinajstić information content (AvgIpc) is 3.04. The third kappa shape index (κ3) is 3.55. The smallest absolute Gasteiger partial charge is 0.232 e. The first-order valence-electron chi connectivity index (χ1n) is 7.91. The van der Waals surface area contributed by atoms with E-state index in [4.69, 9.17) is 10.5 Å². The lowest BCUT2D eigenvalue weighted by molar-refractivity contribution is 0.0266. The minimum absolute atomic E-state index is 0.0113. The van der Waals surface area contributed by atoms with Gasteiger partial charge in [0.1, 0.15) is 18.2 Å². The van der Waals surface area contributed by atoms with Gasteiger partial charge in [-0.15, -0.1) is 0 Å². The first-order chi connectivity index (χ1) is 12.3. The highest BCUT2D eigenvalue weighted by molar-refractivity contribution is 5.85. The number of nitrogens with zero attached hydrogens (tertiary/aromatic N) is 5. The van der Waals surface area contributed by atoms with E-state index in [0.717, 1.165) is 5.56 Å². The van der Waals surface area contributed by atoms with Gasteiger partial charge in [0, 0.05) is 23.4 Å². The molecule has 0 fully saturated rings. The molecule has 0 radical (unpaired) electrons. The van der Waals surface area contributed by atoms with E-state index in [2.05, 4.69) is 24.9 Å². The van der Waals surface area contributed by atoms with Gasteiger partial charge in [0.25, 0.3) is 0 Å². The minimum Gasteiger partial charge on any atom is -0.474 e. The van der Waals surface area contributed by atoms with Crippen molar-refractivity contribution in [1.82, 2.24) is 20.3 Å². The SMILES string of the molecule is Cc1nc2nonc2c(N)c1Cc1ccc(C#N)c(OCC(C)(C)O)n1. The van der Waals surface area contributed by atoms with Crippen molar-refractivity contribution in [1.29, 1.82) is 5.26 Å². The fourth-order valence-corrected chi connectivity index (χ4v) is 2.41. The second-order valence-electron chi connectivity index (χ2n) is 6.57. The number of anilines is 1. The van der Waals surface area contributed by atoms with E-state index in [1.54, 1.807) is 26.0 Å². The molecule has 3 aromatic heterocycles. The van der Waals surface area contributed by atoms with Gasteiger partial charge in [-0.2, -0.15) is 5.26 Å². The van der Waals surface area contributed by atoms with Gasteiger partial charge < -0.3 is 15.6 Å². The average molecular weight is 354 g/mol. The summed E-state index contributed by atoms with van der Waals surface area (Å²) in [6.45, 7) is 5.05. The second kappa shape index (κ2) is 6.57. The number of nitrogen functional groups attached to an aromatic ring is 1. The molecule has 0 unspecified atom stereocenters. The summed E-state index contributed by atoms with van der Waals surface area (Å²) in [6.07, 6.45) is 0.373. The molecule has 0 aromatic carbocycles. The Labute approximate surface area is 149 Å². The molecule has 0 amide bonds. The van der Waals surface area contributed by atoms with Crippen molar-refractivity contribution < 1.29 is 14.5 Å². The third-order valence-electron chi connectivity index (χ3n) is 3.72. The Kier molecular flexibility index (Phi) is 4.44. The van der Waals surface area contributed by atoms with E-state index in [1.165, 1.54) is 0 Å². The van der Waals surface area contributed by atoms with Crippen LogP contribution in [0, 0.1) is 18.3 Å². The Balaban J connectivity index is 1.94. The molecular formula is C17H18N6O3. The van der Waals surface area contributed by atoms with Crippen molar-refractivity contribution in [3.05, 3.63) is 34.6 Å². The second-order valence-corrected chi connectivity index (χ2v) is 6.57. The zero-order valence-electron chi connectivity index (χ0n) is 14.6. The molecule has 9 nitrogen and oxygen atoms in total. The summed E-state index contributed by atoms with van der Waals surface area (Å²) in [7, 11) is 0. The molecule has 0 aliphatic heterocycles. The van der Waals surface area contributed by atoms with Crippen molar-refractivity contribution in [3.63, 3.8) is 0 Å². The van der Waals surface area contributed by atoms with E-state index in [0.29, 0.717) is 34.7 Å². The summed E-state index contributed by atoms with van der Waals surface area (Å²) >= 11 is 0. The minimum atomic E-state index is -1.04. The molecule has 0 aliphatic rings. The molecule has 3 aromatic rings. The van der Waals surface area contributed by atoms with E-state index in [-0.39, 0.29) is 18.1 Å². The van der Waals surface area contributed by atoms with Crippen LogP contribution in [0.3, 0.4) is 0 Å².